The fraction of sp³-hybridized carbons (Fsp3) is 0.500. The molecule has 0 fully saturated rings. The van der Waals surface area contributed by atoms with Crippen LogP contribution in [0.2, 0.25) is 0 Å². The van der Waals surface area contributed by atoms with E-state index in [-0.39, 0.29) is 0 Å². The zero-order valence-corrected chi connectivity index (χ0v) is 7.52. The molecule has 0 atom stereocenters. The van der Waals surface area contributed by atoms with Gasteiger partial charge in [-0.2, -0.15) is 0 Å². The van der Waals surface area contributed by atoms with Gasteiger partial charge in [-0.25, -0.2) is 0 Å². The van der Waals surface area contributed by atoms with Gasteiger partial charge in [0.1, 0.15) is 6.67 Å². The highest BCUT2D eigenvalue weighted by Gasteiger charge is 2.06. The van der Waals surface area contributed by atoms with E-state index in [0.717, 1.165) is 6.67 Å². The van der Waals surface area contributed by atoms with Crippen LogP contribution in [0.4, 0.5) is 0 Å². The smallest absolute Gasteiger partial charge is 0.109 e. The molecule has 1 heterocycles. The SMILES string of the molecule is CSN1C=CN(I)C1. The number of hydrogen-bond donors (Lipinski definition) is 0. The summed E-state index contributed by atoms with van der Waals surface area (Å²) in [6.07, 6.45) is 6.19. The summed E-state index contributed by atoms with van der Waals surface area (Å²) in [4.78, 5) is 0. The van der Waals surface area contributed by atoms with Crippen LogP contribution < -0.4 is 0 Å². The van der Waals surface area contributed by atoms with E-state index in [1.165, 1.54) is 0 Å². The lowest BCUT2D eigenvalue weighted by atomic mass is 11.0. The summed E-state index contributed by atoms with van der Waals surface area (Å²) in [6, 6.07) is 0. The van der Waals surface area contributed by atoms with Crippen LogP contribution in [0.25, 0.3) is 0 Å². The van der Waals surface area contributed by atoms with Gasteiger partial charge in [-0.05, 0) is 0 Å². The molecule has 0 radical (unpaired) electrons. The lowest BCUT2D eigenvalue weighted by molar-refractivity contribution is 0.546. The highest BCUT2D eigenvalue weighted by molar-refractivity contribution is 14.1. The second-order valence-electron chi connectivity index (χ2n) is 1.44. The topological polar surface area (TPSA) is 6.48 Å². The van der Waals surface area contributed by atoms with Crippen molar-refractivity contribution in [3.63, 3.8) is 0 Å². The highest BCUT2D eigenvalue weighted by atomic mass is 127. The molecule has 0 aromatic heterocycles. The summed E-state index contributed by atoms with van der Waals surface area (Å²) >= 11 is 4.00. The van der Waals surface area contributed by atoms with Crippen molar-refractivity contribution < 1.29 is 0 Å². The Morgan fingerprint density at radius 1 is 1.62 bits per heavy atom. The van der Waals surface area contributed by atoms with Crippen molar-refractivity contribution in [2.45, 2.75) is 0 Å². The van der Waals surface area contributed by atoms with Crippen LogP contribution in [0, 0.1) is 0 Å². The second-order valence-corrected chi connectivity index (χ2v) is 3.51. The first-order valence-electron chi connectivity index (χ1n) is 2.24. The average Bonchev–Trinajstić information content (AvgIpc) is 2.14. The molecule has 0 aromatic rings. The molecule has 0 saturated carbocycles. The third-order valence-corrected chi connectivity index (χ3v) is 2.24. The van der Waals surface area contributed by atoms with Crippen molar-refractivity contribution in [3.8, 4) is 0 Å². The first-order valence-corrected chi connectivity index (χ1v) is 4.39. The minimum atomic E-state index is 1.00. The van der Waals surface area contributed by atoms with E-state index in [2.05, 4.69) is 48.9 Å². The van der Waals surface area contributed by atoms with Crippen LogP contribution in [0.3, 0.4) is 0 Å². The number of hydrogen-bond acceptors (Lipinski definition) is 3. The normalized spacial score (nSPS) is 18.2. The summed E-state index contributed by atoms with van der Waals surface area (Å²) in [5.41, 5.74) is 0. The summed E-state index contributed by atoms with van der Waals surface area (Å²) in [7, 11) is 0. The van der Waals surface area contributed by atoms with Gasteiger partial charge in [0, 0.05) is 18.7 Å². The maximum Gasteiger partial charge on any atom is 0.109 e. The maximum atomic E-state index is 2.26. The van der Waals surface area contributed by atoms with E-state index in [0.29, 0.717) is 0 Å². The third kappa shape index (κ3) is 1.45. The Hall–Kier alpha value is 0.420. The predicted molar refractivity (Wildman–Crippen MR) is 45.2 cm³/mol. The van der Waals surface area contributed by atoms with Crippen molar-refractivity contribution >= 4 is 34.8 Å². The lowest BCUT2D eigenvalue weighted by Crippen LogP contribution is -2.10. The van der Waals surface area contributed by atoms with Gasteiger partial charge in [-0.3, -0.25) is 0 Å². The average molecular weight is 242 g/mol. The van der Waals surface area contributed by atoms with E-state index in [4.69, 9.17) is 0 Å². The van der Waals surface area contributed by atoms with Gasteiger partial charge >= 0.3 is 0 Å². The van der Waals surface area contributed by atoms with Crippen molar-refractivity contribution in [2.24, 2.45) is 0 Å². The Kier molecular flexibility index (Phi) is 2.30. The molecule has 0 aromatic carbocycles. The fourth-order valence-corrected chi connectivity index (χ4v) is 1.59. The van der Waals surface area contributed by atoms with Crippen LogP contribution in [0.5, 0.6) is 0 Å². The molecule has 4 heteroatoms. The minimum absolute atomic E-state index is 1.00. The van der Waals surface area contributed by atoms with Crippen molar-refractivity contribution in [3.05, 3.63) is 12.4 Å². The van der Waals surface area contributed by atoms with Crippen molar-refractivity contribution in [1.29, 1.82) is 0 Å². The van der Waals surface area contributed by atoms with Gasteiger partial charge < -0.3 is 7.42 Å². The highest BCUT2D eigenvalue weighted by Crippen LogP contribution is 2.16. The molecule has 1 rings (SSSR count). The van der Waals surface area contributed by atoms with Gasteiger partial charge in [-0.1, -0.05) is 11.9 Å². The van der Waals surface area contributed by atoms with Crippen LogP contribution in [0.1, 0.15) is 0 Å². The third-order valence-electron chi connectivity index (χ3n) is 0.904. The van der Waals surface area contributed by atoms with E-state index >= 15 is 0 Å². The number of halogens is 1. The largest absolute Gasteiger partial charge is 0.302 e. The predicted octanol–water partition coefficient (Wildman–Crippen LogP) is 1.66. The number of nitrogens with zero attached hydrogens (tertiary/aromatic N) is 2. The molecule has 2 nitrogen and oxygen atoms in total. The zero-order valence-electron chi connectivity index (χ0n) is 4.54. The van der Waals surface area contributed by atoms with Gasteiger partial charge in [0.2, 0.25) is 0 Å². The first-order chi connectivity index (χ1) is 3.83. The van der Waals surface area contributed by atoms with Crippen LogP contribution in [-0.2, 0) is 0 Å². The fourth-order valence-electron chi connectivity index (χ4n) is 0.493. The van der Waals surface area contributed by atoms with Crippen LogP contribution in [0.15, 0.2) is 12.4 Å². The van der Waals surface area contributed by atoms with E-state index in [1.807, 2.05) is 0 Å². The van der Waals surface area contributed by atoms with Crippen molar-refractivity contribution in [1.82, 2.24) is 7.42 Å². The molecule has 0 bridgehead atoms. The Bertz CT molecular complexity index is 106. The van der Waals surface area contributed by atoms with Gasteiger partial charge in [0.15, 0.2) is 0 Å². The van der Waals surface area contributed by atoms with Crippen LogP contribution in [-0.4, -0.2) is 20.3 Å². The summed E-state index contributed by atoms with van der Waals surface area (Å²) in [5.74, 6) is 0. The second kappa shape index (κ2) is 2.82. The Balaban J connectivity index is 2.34. The van der Waals surface area contributed by atoms with E-state index in [1.54, 1.807) is 11.9 Å². The van der Waals surface area contributed by atoms with E-state index in [9.17, 15) is 0 Å². The van der Waals surface area contributed by atoms with E-state index < -0.39 is 0 Å². The molecule has 0 unspecified atom stereocenters. The van der Waals surface area contributed by atoms with Gasteiger partial charge in [-0.15, -0.1) is 0 Å². The molecule has 0 saturated heterocycles. The molecular weight excluding hydrogens is 235 g/mol. The minimum Gasteiger partial charge on any atom is -0.302 e. The molecule has 0 aliphatic carbocycles. The standard InChI is InChI=1S/C4H7IN2S/c1-8-7-3-2-6(5)4-7/h2-3H,4H2,1H3. The molecule has 0 spiro atoms. The summed E-state index contributed by atoms with van der Waals surface area (Å²) in [6.45, 7) is 1.00. The molecule has 0 N–H and O–H groups in total. The molecule has 0 amide bonds. The van der Waals surface area contributed by atoms with Gasteiger partial charge in [0.25, 0.3) is 0 Å². The zero-order chi connectivity index (χ0) is 5.98. The Morgan fingerprint density at radius 3 is 2.62 bits per heavy atom. The first kappa shape index (κ1) is 6.54. The lowest BCUT2D eigenvalue weighted by Gasteiger charge is -2.11. The molecular formula is C4H7IN2S. The molecule has 1 aliphatic rings. The monoisotopic (exact) mass is 242 g/mol. The molecule has 1 aliphatic heterocycles. The maximum absolute atomic E-state index is 2.26. The summed E-state index contributed by atoms with van der Waals surface area (Å²) in [5, 5.41) is 0. The number of rotatable bonds is 1. The Morgan fingerprint density at radius 2 is 2.38 bits per heavy atom. The van der Waals surface area contributed by atoms with Crippen molar-refractivity contribution in [2.75, 3.05) is 12.9 Å². The Labute approximate surface area is 67.5 Å². The quantitative estimate of drug-likeness (QED) is 0.392. The van der Waals surface area contributed by atoms with Gasteiger partial charge in [0.05, 0.1) is 22.9 Å². The molecule has 8 heavy (non-hydrogen) atoms. The summed E-state index contributed by atoms with van der Waals surface area (Å²) < 4.78 is 4.26. The molecule has 46 valence electrons. The van der Waals surface area contributed by atoms with Crippen LogP contribution >= 0.6 is 34.8 Å².